The Balaban J connectivity index is 2.29. The predicted molar refractivity (Wildman–Crippen MR) is 87.5 cm³/mol. The highest BCUT2D eigenvalue weighted by Crippen LogP contribution is 2.34. The van der Waals surface area contributed by atoms with Crippen LogP contribution in [0, 0.1) is 0 Å². The highest BCUT2D eigenvalue weighted by Gasteiger charge is 2.16. The Labute approximate surface area is 134 Å². The van der Waals surface area contributed by atoms with Crippen LogP contribution in [0.25, 0.3) is 10.6 Å². The van der Waals surface area contributed by atoms with E-state index in [2.05, 4.69) is 61.2 Å². The zero-order valence-electron chi connectivity index (χ0n) is 10.8. The molecule has 0 aliphatic heterocycles. The van der Waals surface area contributed by atoms with Crippen LogP contribution in [-0.2, 0) is 0 Å². The van der Waals surface area contributed by atoms with E-state index in [-0.39, 0.29) is 0 Å². The SMILES string of the molecule is CCNC(CC)c1nnc(-c2ccc(Br)cc2Br)s1. The topological polar surface area (TPSA) is 37.8 Å². The smallest absolute Gasteiger partial charge is 0.148 e. The van der Waals surface area contributed by atoms with Gasteiger partial charge in [0.2, 0.25) is 0 Å². The summed E-state index contributed by atoms with van der Waals surface area (Å²) in [6, 6.07) is 6.39. The van der Waals surface area contributed by atoms with Gasteiger partial charge in [-0.2, -0.15) is 0 Å². The van der Waals surface area contributed by atoms with Gasteiger partial charge in [-0.05, 0) is 31.2 Å². The third-order valence-electron chi connectivity index (χ3n) is 2.76. The third-order valence-corrected chi connectivity index (χ3v) is 4.98. The summed E-state index contributed by atoms with van der Waals surface area (Å²) < 4.78 is 2.08. The minimum Gasteiger partial charge on any atom is -0.308 e. The molecule has 2 rings (SSSR count). The monoisotopic (exact) mass is 403 g/mol. The predicted octanol–water partition coefficient (Wildman–Crippen LogP) is 4.79. The van der Waals surface area contributed by atoms with Gasteiger partial charge in [-0.1, -0.05) is 57.0 Å². The molecule has 19 heavy (non-hydrogen) atoms. The lowest BCUT2D eigenvalue weighted by Gasteiger charge is -2.11. The van der Waals surface area contributed by atoms with Crippen molar-refractivity contribution in [2.24, 2.45) is 0 Å². The van der Waals surface area contributed by atoms with E-state index in [0.29, 0.717) is 6.04 Å². The zero-order valence-corrected chi connectivity index (χ0v) is 14.8. The molecule has 0 fully saturated rings. The van der Waals surface area contributed by atoms with E-state index in [0.717, 1.165) is 37.5 Å². The van der Waals surface area contributed by atoms with Gasteiger partial charge in [0.15, 0.2) is 0 Å². The van der Waals surface area contributed by atoms with Gasteiger partial charge in [-0.3, -0.25) is 0 Å². The Kier molecular flexibility index (Phi) is 5.50. The Morgan fingerprint density at radius 2 is 2.05 bits per heavy atom. The van der Waals surface area contributed by atoms with Crippen molar-refractivity contribution in [3.8, 4) is 10.6 Å². The third kappa shape index (κ3) is 3.62. The van der Waals surface area contributed by atoms with Crippen molar-refractivity contribution in [1.29, 1.82) is 0 Å². The van der Waals surface area contributed by atoms with E-state index in [1.165, 1.54) is 0 Å². The first-order valence-electron chi connectivity index (χ1n) is 6.17. The van der Waals surface area contributed by atoms with Crippen molar-refractivity contribution in [2.75, 3.05) is 6.54 Å². The first-order valence-corrected chi connectivity index (χ1v) is 8.58. The molecule has 2 aromatic rings. The van der Waals surface area contributed by atoms with Gasteiger partial charge < -0.3 is 5.32 Å². The molecule has 1 aromatic carbocycles. The van der Waals surface area contributed by atoms with E-state index in [4.69, 9.17) is 0 Å². The van der Waals surface area contributed by atoms with Crippen LogP contribution >= 0.6 is 43.2 Å². The van der Waals surface area contributed by atoms with Gasteiger partial charge in [0, 0.05) is 14.5 Å². The van der Waals surface area contributed by atoms with E-state index in [9.17, 15) is 0 Å². The van der Waals surface area contributed by atoms with Crippen molar-refractivity contribution >= 4 is 43.2 Å². The van der Waals surface area contributed by atoms with Crippen molar-refractivity contribution in [3.63, 3.8) is 0 Å². The lowest BCUT2D eigenvalue weighted by molar-refractivity contribution is 0.531. The quantitative estimate of drug-likeness (QED) is 0.778. The Morgan fingerprint density at radius 1 is 1.26 bits per heavy atom. The highest BCUT2D eigenvalue weighted by atomic mass is 79.9. The van der Waals surface area contributed by atoms with Crippen LogP contribution in [-0.4, -0.2) is 16.7 Å². The van der Waals surface area contributed by atoms with Crippen LogP contribution in [0.2, 0.25) is 0 Å². The molecule has 0 aliphatic rings. The fourth-order valence-corrected chi connectivity index (χ4v) is 4.21. The molecule has 0 spiro atoms. The largest absolute Gasteiger partial charge is 0.308 e. The molecular formula is C13H15Br2N3S. The molecular weight excluding hydrogens is 390 g/mol. The number of rotatable bonds is 5. The minimum atomic E-state index is 0.297. The van der Waals surface area contributed by atoms with E-state index in [1.807, 2.05) is 18.2 Å². The van der Waals surface area contributed by atoms with Crippen LogP contribution in [0.3, 0.4) is 0 Å². The lowest BCUT2D eigenvalue weighted by Crippen LogP contribution is -2.19. The van der Waals surface area contributed by atoms with E-state index in [1.54, 1.807) is 11.3 Å². The molecule has 1 N–H and O–H groups in total. The summed E-state index contributed by atoms with van der Waals surface area (Å²) in [7, 11) is 0. The summed E-state index contributed by atoms with van der Waals surface area (Å²) in [5.41, 5.74) is 1.08. The second-order valence-corrected chi connectivity index (χ2v) is 6.87. The molecule has 0 bridgehead atoms. The van der Waals surface area contributed by atoms with Crippen LogP contribution in [0.15, 0.2) is 27.1 Å². The molecule has 6 heteroatoms. The van der Waals surface area contributed by atoms with Crippen LogP contribution in [0.4, 0.5) is 0 Å². The minimum absolute atomic E-state index is 0.297. The molecule has 0 saturated carbocycles. The van der Waals surface area contributed by atoms with Gasteiger partial charge in [-0.15, -0.1) is 10.2 Å². The first kappa shape index (κ1) is 15.1. The lowest BCUT2D eigenvalue weighted by atomic mass is 10.2. The molecule has 0 aliphatic carbocycles. The Bertz CT molecular complexity index is 557. The van der Waals surface area contributed by atoms with Gasteiger partial charge in [0.05, 0.1) is 6.04 Å². The van der Waals surface area contributed by atoms with Gasteiger partial charge in [0.1, 0.15) is 10.0 Å². The molecule has 1 aromatic heterocycles. The first-order chi connectivity index (χ1) is 9.15. The Morgan fingerprint density at radius 3 is 2.68 bits per heavy atom. The average molecular weight is 405 g/mol. The zero-order chi connectivity index (χ0) is 13.8. The van der Waals surface area contributed by atoms with Crippen LogP contribution in [0.1, 0.15) is 31.3 Å². The van der Waals surface area contributed by atoms with Gasteiger partial charge in [0.25, 0.3) is 0 Å². The Hall–Kier alpha value is -0.300. The number of benzene rings is 1. The summed E-state index contributed by atoms with van der Waals surface area (Å²) in [5, 5.41) is 14.1. The maximum absolute atomic E-state index is 4.32. The summed E-state index contributed by atoms with van der Waals surface area (Å²) in [6.45, 7) is 5.20. The molecule has 0 saturated heterocycles. The summed E-state index contributed by atoms with van der Waals surface area (Å²) in [6.07, 6.45) is 1.02. The molecule has 1 atom stereocenters. The van der Waals surface area contributed by atoms with Crippen molar-refractivity contribution in [2.45, 2.75) is 26.3 Å². The van der Waals surface area contributed by atoms with Crippen molar-refractivity contribution in [3.05, 3.63) is 32.2 Å². The molecule has 3 nitrogen and oxygen atoms in total. The highest BCUT2D eigenvalue weighted by molar-refractivity contribution is 9.11. The van der Waals surface area contributed by atoms with Gasteiger partial charge >= 0.3 is 0 Å². The molecule has 1 unspecified atom stereocenters. The molecule has 102 valence electrons. The van der Waals surface area contributed by atoms with E-state index >= 15 is 0 Å². The number of nitrogens with one attached hydrogen (secondary N) is 1. The normalized spacial score (nSPS) is 12.6. The number of hydrogen-bond acceptors (Lipinski definition) is 4. The number of hydrogen-bond donors (Lipinski definition) is 1. The maximum atomic E-state index is 4.32. The fourth-order valence-electron chi connectivity index (χ4n) is 1.80. The number of aromatic nitrogens is 2. The number of nitrogens with zero attached hydrogens (tertiary/aromatic N) is 2. The van der Waals surface area contributed by atoms with Crippen LogP contribution in [0.5, 0.6) is 0 Å². The summed E-state index contributed by atoms with van der Waals surface area (Å²) in [5.74, 6) is 0. The van der Waals surface area contributed by atoms with E-state index < -0.39 is 0 Å². The standard InChI is InChI=1S/C13H15Br2N3S/c1-3-11(16-4-2)13-18-17-12(19-13)9-6-5-8(14)7-10(9)15/h5-7,11,16H,3-4H2,1-2H3. The molecule has 0 amide bonds. The van der Waals surface area contributed by atoms with Crippen LogP contribution < -0.4 is 5.32 Å². The van der Waals surface area contributed by atoms with Crippen molar-refractivity contribution in [1.82, 2.24) is 15.5 Å². The van der Waals surface area contributed by atoms with Gasteiger partial charge in [-0.25, -0.2) is 0 Å². The number of halogens is 2. The molecule has 0 radical (unpaired) electrons. The summed E-state index contributed by atoms with van der Waals surface area (Å²) in [4.78, 5) is 0. The second kappa shape index (κ2) is 6.92. The fraction of sp³-hybridized carbons (Fsp3) is 0.385. The summed E-state index contributed by atoms with van der Waals surface area (Å²) >= 11 is 8.68. The second-order valence-electron chi connectivity index (χ2n) is 4.09. The van der Waals surface area contributed by atoms with Crippen molar-refractivity contribution < 1.29 is 0 Å². The average Bonchev–Trinajstić information content (AvgIpc) is 2.85. The molecule has 1 heterocycles. The maximum Gasteiger partial charge on any atom is 0.148 e.